The van der Waals surface area contributed by atoms with Gasteiger partial charge in [-0.05, 0) is 19.3 Å². The Morgan fingerprint density at radius 3 is 1.28 bits per heavy atom. The second-order valence-corrected chi connectivity index (χ2v) is 18.7. The number of unbranched alkanes of at least 4 members (excludes halogenated alkanes) is 35. The molecule has 6 N–H and O–H groups in total. The molecule has 1 rings (SSSR count). The van der Waals surface area contributed by atoms with Crippen molar-refractivity contribution in [2.75, 3.05) is 13.2 Å². The lowest BCUT2D eigenvalue weighted by atomic mass is 9.99. The van der Waals surface area contributed by atoms with E-state index >= 15 is 0 Å². The van der Waals surface area contributed by atoms with Crippen LogP contribution in [0.3, 0.4) is 0 Å². The van der Waals surface area contributed by atoms with E-state index in [0.717, 1.165) is 38.5 Å². The fourth-order valence-electron chi connectivity index (χ4n) is 8.63. The predicted octanol–water partition coefficient (Wildman–Crippen LogP) is 12.1. The molecule has 1 aliphatic rings. The summed E-state index contributed by atoms with van der Waals surface area (Å²) in [7, 11) is 0. The third kappa shape index (κ3) is 33.1. The van der Waals surface area contributed by atoms with Crippen molar-refractivity contribution >= 4 is 5.91 Å². The molecule has 7 atom stereocenters. The Morgan fingerprint density at radius 1 is 0.541 bits per heavy atom. The van der Waals surface area contributed by atoms with E-state index in [1.807, 2.05) is 6.08 Å². The molecule has 0 bridgehead atoms. The van der Waals surface area contributed by atoms with Gasteiger partial charge in [0.1, 0.15) is 24.4 Å². The first kappa shape index (κ1) is 57.9. The molecule has 0 aromatic rings. The number of carbonyl (C=O) groups excluding carboxylic acids is 1. The summed E-state index contributed by atoms with van der Waals surface area (Å²) >= 11 is 0. The Labute approximate surface area is 376 Å². The lowest BCUT2D eigenvalue weighted by molar-refractivity contribution is -0.302. The van der Waals surface area contributed by atoms with Gasteiger partial charge in [-0.25, -0.2) is 0 Å². The lowest BCUT2D eigenvalue weighted by Gasteiger charge is -2.40. The Kier molecular flexibility index (Phi) is 40.7. The third-order valence-corrected chi connectivity index (χ3v) is 12.9. The second kappa shape index (κ2) is 42.9. The SMILES string of the molecule is CCCCCCCCCCCCCC/C=C/[C@@H](O)[C@H](CO[C@@H]1O[C@H](CO)[C@@H](O)C(O)C1O)NC(=O)CCCCCCCCCCCCCCCCCCCCCCCCCC. The minimum Gasteiger partial charge on any atom is -0.394 e. The van der Waals surface area contributed by atoms with E-state index in [0.29, 0.717) is 6.42 Å². The summed E-state index contributed by atoms with van der Waals surface area (Å²) in [6.07, 6.45) is 44.1. The number of carbonyl (C=O) groups is 1. The van der Waals surface area contributed by atoms with E-state index in [1.54, 1.807) is 6.08 Å². The van der Waals surface area contributed by atoms with Crippen LogP contribution in [0, 0.1) is 0 Å². The molecule has 1 heterocycles. The summed E-state index contributed by atoms with van der Waals surface area (Å²) in [5.41, 5.74) is 0. The first-order valence-corrected chi connectivity index (χ1v) is 26.4. The molecule has 1 saturated heterocycles. The Hall–Kier alpha value is -1.07. The van der Waals surface area contributed by atoms with Crippen LogP contribution in [0.2, 0.25) is 0 Å². The summed E-state index contributed by atoms with van der Waals surface area (Å²) in [5.74, 6) is -0.172. The standard InChI is InChI=1S/C52H101NO8/c1-3-5-7-9-11-13-15-17-19-20-21-22-23-24-25-26-27-28-30-32-34-36-38-40-42-48(56)53-45(44-60-52-51(59)50(58)49(57)47(43-54)61-52)46(55)41-39-37-35-33-31-29-18-16-14-12-10-8-6-4-2/h39,41,45-47,49-52,54-55,57-59H,3-38,40,42-44H2,1-2H3,(H,53,56)/b41-39+/t45-,46+,47+,49+,50?,51?,52+/m0/s1. The van der Waals surface area contributed by atoms with Crippen molar-refractivity contribution in [3.8, 4) is 0 Å². The van der Waals surface area contributed by atoms with Crippen LogP contribution >= 0.6 is 0 Å². The van der Waals surface area contributed by atoms with Gasteiger partial charge < -0.3 is 40.3 Å². The highest BCUT2D eigenvalue weighted by Crippen LogP contribution is 2.23. The highest BCUT2D eigenvalue weighted by atomic mass is 16.7. The average Bonchev–Trinajstić information content (AvgIpc) is 3.26. The van der Waals surface area contributed by atoms with Crippen LogP contribution in [-0.2, 0) is 14.3 Å². The molecule has 9 nitrogen and oxygen atoms in total. The average molecular weight is 868 g/mol. The van der Waals surface area contributed by atoms with E-state index in [2.05, 4.69) is 19.2 Å². The summed E-state index contributed by atoms with van der Waals surface area (Å²) in [4.78, 5) is 13.0. The van der Waals surface area contributed by atoms with Gasteiger partial charge in [-0.2, -0.15) is 0 Å². The van der Waals surface area contributed by atoms with E-state index in [1.165, 1.54) is 199 Å². The molecule has 0 aromatic heterocycles. The zero-order valence-electron chi connectivity index (χ0n) is 39.9. The molecule has 1 aliphatic heterocycles. The van der Waals surface area contributed by atoms with Gasteiger partial charge >= 0.3 is 0 Å². The maximum Gasteiger partial charge on any atom is 0.220 e. The molecule has 2 unspecified atom stereocenters. The Morgan fingerprint density at radius 2 is 0.902 bits per heavy atom. The molecular formula is C52H101NO8. The molecule has 0 aromatic carbocycles. The Bertz CT molecular complexity index is 966. The largest absolute Gasteiger partial charge is 0.394 e. The van der Waals surface area contributed by atoms with Crippen molar-refractivity contribution < 1.29 is 39.8 Å². The first-order valence-electron chi connectivity index (χ1n) is 26.4. The van der Waals surface area contributed by atoms with Gasteiger partial charge in [0, 0.05) is 6.42 Å². The van der Waals surface area contributed by atoms with Crippen LogP contribution in [0.15, 0.2) is 12.2 Å². The van der Waals surface area contributed by atoms with Crippen LogP contribution < -0.4 is 5.32 Å². The number of hydrogen-bond donors (Lipinski definition) is 6. The molecule has 0 radical (unpaired) electrons. The van der Waals surface area contributed by atoms with Crippen molar-refractivity contribution in [2.45, 2.75) is 301 Å². The summed E-state index contributed by atoms with van der Waals surface area (Å²) < 4.78 is 11.2. The first-order chi connectivity index (χ1) is 29.8. The van der Waals surface area contributed by atoms with Crippen LogP contribution in [0.1, 0.15) is 258 Å². The normalized spacial score (nSPS) is 20.4. The third-order valence-electron chi connectivity index (χ3n) is 12.9. The zero-order valence-corrected chi connectivity index (χ0v) is 39.9. The molecular weight excluding hydrogens is 767 g/mol. The van der Waals surface area contributed by atoms with Gasteiger partial charge in [-0.3, -0.25) is 4.79 Å². The number of aliphatic hydroxyl groups is 5. The van der Waals surface area contributed by atoms with Gasteiger partial charge in [0.05, 0.1) is 25.4 Å². The molecule has 1 amide bonds. The number of aliphatic hydroxyl groups excluding tert-OH is 5. The summed E-state index contributed by atoms with van der Waals surface area (Å²) in [6, 6.07) is -0.799. The molecule has 61 heavy (non-hydrogen) atoms. The van der Waals surface area contributed by atoms with Gasteiger partial charge in [0.15, 0.2) is 6.29 Å². The summed E-state index contributed by atoms with van der Waals surface area (Å²) in [5, 5.41) is 54.3. The highest BCUT2D eigenvalue weighted by Gasteiger charge is 2.44. The number of hydrogen-bond acceptors (Lipinski definition) is 8. The zero-order chi connectivity index (χ0) is 44.4. The quantitative estimate of drug-likeness (QED) is 0.0262. The minimum absolute atomic E-state index is 0.172. The van der Waals surface area contributed by atoms with E-state index in [4.69, 9.17) is 9.47 Å². The van der Waals surface area contributed by atoms with E-state index in [-0.39, 0.29) is 12.5 Å². The maximum atomic E-state index is 13.0. The number of amides is 1. The molecule has 0 aliphatic carbocycles. The monoisotopic (exact) mass is 868 g/mol. The predicted molar refractivity (Wildman–Crippen MR) is 254 cm³/mol. The van der Waals surface area contributed by atoms with E-state index in [9.17, 15) is 30.3 Å². The van der Waals surface area contributed by atoms with Crippen molar-refractivity contribution in [2.24, 2.45) is 0 Å². The van der Waals surface area contributed by atoms with Crippen LogP contribution in [-0.4, -0.2) is 87.5 Å². The number of nitrogens with one attached hydrogen (secondary N) is 1. The van der Waals surface area contributed by atoms with Crippen LogP contribution in [0.4, 0.5) is 0 Å². The molecule has 0 spiro atoms. The van der Waals surface area contributed by atoms with Crippen LogP contribution in [0.25, 0.3) is 0 Å². The van der Waals surface area contributed by atoms with Gasteiger partial charge in [-0.15, -0.1) is 0 Å². The fraction of sp³-hybridized carbons (Fsp3) is 0.942. The number of rotatable bonds is 45. The highest BCUT2D eigenvalue weighted by molar-refractivity contribution is 5.76. The molecule has 9 heteroatoms. The molecule has 0 saturated carbocycles. The van der Waals surface area contributed by atoms with Crippen LogP contribution in [0.5, 0.6) is 0 Å². The number of allylic oxidation sites excluding steroid dienone is 1. The van der Waals surface area contributed by atoms with E-state index < -0.39 is 49.5 Å². The fourth-order valence-corrected chi connectivity index (χ4v) is 8.63. The lowest BCUT2D eigenvalue weighted by Crippen LogP contribution is -2.60. The molecule has 362 valence electrons. The number of ether oxygens (including phenoxy) is 2. The summed E-state index contributed by atoms with van der Waals surface area (Å²) in [6.45, 7) is 3.80. The van der Waals surface area contributed by atoms with Crippen molar-refractivity contribution in [3.63, 3.8) is 0 Å². The smallest absolute Gasteiger partial charge is 0.220 e. The molecule has 1 fully saturated rings. The van der Waals surface area contributed by atoms with Crippen molar-refractivity contribution in [3.05, 3.63) is 12.2 Å². The van der Waals surface area contributed by atoms with Gasteiger partial charge in [-0.1, -0.05) is 244 Å². The van der Waals surface area contributed by atoms with Crippen molar-refractivity contribution in [1.82, 2.24) is 5.32 Å². The minimum atomic E-state index is -1.56. The Balaban J connectivity index is 2.22. The van der Waals surface area contributed by atoms with Gasteiger partial charge in [0.25, 0.3) is 0 Å². The maximum absolute atomic E-state index is 13.0. The van der Waals surface area contributed by atoms with Gasteiger partial charge in [0.2, 0.25) is 5.91 Å². The van der Waals surface area contributed by atoms with Crippen molar-refractivity contribution in [1.29, 1.82) is 0 Å². The second-order valence-electron chi connectivity index (χ2n) is 18.7. The topological polar surface area (TPSA) is 149 Å².